The molecule has 1 N–H and O–H groups in total. The Balaban J connectivity index is 1.62. The second kappa shape index (κ2) is 6.77. The molecule has 1 aromatic carbocycles. The first-order valence-electron chi connectivity index (χ1n) is 7.16. The summed E-state index contributed by atoms with van der Waals surface area (Å²) in [5.74, 6) is -0.594. The largest absolute Gasteiger partial charge is 0.325 e. The second-order valence-corrected chi connectivity index (χ2v) is 6.71. The molecule has 1 fully saturated rings. The van der Waals surface area contributed by atoms with Crippen molar-refractivity contribution in [3.05, 3.63) is 51.4 Å². The third kappa shape index (κ3) is 3.48. The van der Waals surface area contributed by atoms with Crippen molar-refractivity contribution in [3.8, 4) is 0 Å². The van der Waals surface area contributed by atoms with Crippen LogP contribution in [0.25, 0.3) is 0 Å². The van der Waals surface area contributed by atoms with Crippen molar-refractivity contribution in [2.45, 2.75) is 18.9 Å². The summed E-state index contributed by atoms with van der Waals surface area (Å²) in [5.41, 5.74) is 0.517. The summed E-state index contributed by atoms with van der Waals surface area (Å²) in [7, 11) is 0. The highest BCUT2D eigenvalue weighted by Gasteiger charge is 2.28. The number of rotatable bonds is 4. The molecule has 2 heterocycles. The third-order valence-electron chi connectivity index (χ3n) is 3.79. The van der Waals surface area contributed by atoms with E-state index in [-0.39, 0.29) is 10.9 Å². The zero-order valence-corrected chi connectivity index (χ0v) is 13.5. The second-order valence-electron chi connectivity index (χ2n) is 5.32. The van der Waals surface area contributed by atoms with E-state index in [1.165, 1.54) is 23.1 Å². The number of hydrogen-bond donors (Lipinski definition) is 1. The number of anilines is 1. The van der Waals surface area contributed by atoms with Gasteiger partial charge in [0, 0.05) is 16.6 Å². The van der Waals surface area contributed by atoms with Gasteiger partial charge >= 0.3 is 0 Å². The van der Waals surface area contributed by atoms with Crippen molar-refractivity contribution in [1.82, 2.24) is 4.90 Å². The molecule has 0 saturated carbocycles. The number of nitrogens with zero attached hydrogens (tertiary/aromatic N) is 1. The molecule has 3 nitrogen and oxygen atoms in total. The Hall–Kier alpha value is -1.43. The standard InChI is InChI=1S/C16H16ClFN2OS/c17-12-9-11(5-6-13(12)18)19-16(21)10-20-7-1-3-14(20)15-4-2-8-22-15/h2,4-6,8-9,14H,1,3,7,10H2,(H,19,21)/t14-/m1/s1. The van der Waals surface area contributed by atoms with E-state index in [9.17, 15) is 9.18 Å². The number of amides is 1. The summed E-state index contributed by atoms with van der Waals surface area (Å²) in [6.45, 7) is 1.25. The predicted octanol–water partition coefficient (Wildman–Crippen LogP) is 4.32. The summed E-state index contributed by atoms with van der Waals surface area (Å²) in [5, 5.41) is 4.85. The molecule has 116 valence electrons. The van der Waals surface area contributed by atoms with Gasteiger partial charge in [0.2, 0.25) is 5.91 Å². The van der Waals surface area contributed by atoms with Crippen LogP contribution in [0, 0.1) is 5.82 Å². The minimum Gasteiger partial charge on any atom is -0.325 e. The van der Waals surface area contributed by atoms with Gasteiger partial charge in [-0.25, -0.2) is 4.39 Å². The molecule has 1 aromatic heterocycles. The lowest BCUT2D eigenvalue weighted by molar-refractivity contribution is -0.117. The number of carbonyl (C=O) groups is 1. The highest BCUT2D eigenvalue weighted by Crippen LogP contribution is 2.34. The number of carbonyl (C=O) groups excluding carboxylic acids is 1. The summed E-state index contributed by atoms with van der Waals surface area (Å²) in [6.07, 6.45) is 2.17. The van der Waals surface area contributed by atoms with Gasteiger partial charge in [0.15, 0.2) is 0 Å². The van der Waals surface area contributed by atoms with Crippen LogP contribution in [0.15, 0.2) is 35.7 Å². The average molecular weight is 339 g/mol. The fraction of sp³-hybridized carbons (Fsp3) is 0.312. The number of halogens is 2. The molecule has 0 bridgehead atoms. The van der Waals surface area contributed by atoms with Crippen LogP contribution < -0.4 is 5.32 Å². The van der Waals surface area contributed by atoms with Gasteiger partial charge < -0.3 is 5.32 Å². The number of hydrogen-bond acceptors (Lipinski definition) is 3. The van der Waals surface area contributed by atoms with E-state index in [1.807, 2.05) is 6.07 Å². The minimum absolute atomic E-state index is 0.00966. The molecule has 6 heteroatoms. The molecule has 1 aliphatic rings. The average Bonchev–Trinajstić information content (AvgIpc) is 3.13. The van der Waals surface area contributed by atoms with E-state index in [1.54, 1.807) is 11.3 Å². The monoisotopic (exact) mass is 338 g/mol. The quantitative estimate of drug-likeness (QED) is 0.900. The Labute approximate surface area is 137 Å². The Morgan fingerprint density at radius 3 is 3.05 bits per heavy atom. The molecule has 1 saturated heterocycles. The fourth-order valence-corrected chi connectivity index (χ4v) is 3.85. The molecule has 0 unspecified atom stereocenters. The first-order chi connectivity index (χ1) is 10.6. The molecule has 1 aliphatic heterocycles. The van der Waals surface area contributed by atoms with Crippen LogP contribution in [0.2, 0.25) is 5.02 Å². The molecular weight excluding hydrogens is 323 g/mol. The van der Waals surface area contributed by atoms with Gasteiger partial charge in [0.25, 0.3) is 0 Å². The maximum atomic E-state index is 13.1. The highest BCUT2D eigenvalue weighted by atomic mass is 35.5. The summed E-state index contributed by atoms with van der Waals surface area (Å²) >= 11 is 7.45. The fourth-order valence-electron chi connectivity index (χ4n) is 2.78. The Morgan fingerprint density at radius 1 is 1.45 bits per heavy atom. The van der Waals surface area contributed by atoms with Crippen LogP contribution >= 0.6 is 22.9 Å². The molecule has 2 aromatic rings. The zero-order chi connectivity index (χ0) is 15.5. The number of thiophene rings is 1. The van der Waals surface area contributed by atoms with Crippen LogP contribution in [0.3, 0.4) is 0 Å². The van der Waals surface area contributed by atoms with Crippen LogP contribution in [-0.2, 0) is 4.79 Å². The zero-order valence-electron chi connectivity index (χ0n) is 11.9. The lowest BCUT2D eigenvalue weighted by Gasteiger charge is -2.22. The van der Waals surface area contributed by atoms with E-state index < -0.39 is 5.82 Å². The Morgan fingerprint density at radius 2 is 2.32 bits per heavy atom. The van der Waals surface area contributed by atoms with Crippen molar-refractivity contribution < 1.29 is 9.18 Å². The first-order valence-corrected chi connectivity index (χ1v) is 8.41. The van der Waals surface area contributed by atoms with Gasteiger partial charge in [0.1, 0.15) is 5.82 Å². The van der Waals surface area contributed by atoms with E-state index >= 15 is 0 Å². The van der Waals surface area contributed by atoms with Gasteiger partial charge in [-0.15, -0.1) is 11.3 Å². The van der Waals surface area contributed by atoms with Crippen molar-refractivity contribution in [2.24, 2.45) is 0 Å². The highest BCUT2D eigenvalue weighted by molar-refractivity contribution is 7.10. The molecule has 0 aliphatic carbocycles. The van der Waals surface area contributed by atoms with Gasteiger partial charge in [-0.3, -0.25) is 9.69 Å². The smallest absolute Gasteiger partial charge is 0.238 e. The summed E-state index contributed by atoms with van der Waals surface area (Å²) in [4.78, 5) is 15.7. The number of benzene rings is 1. The number of likely N-dealkylation sites (tertiary alicyclic amines) is 1. The van der Waals surface area contributed by atoms with Gasteiger partial charge in [-0.1, -0.05) is 17.7 Å². The van der Waals surface area contributed by atoms with E-state index in [4.69, 9.17) is 11.6 Å². The van der Waals surface area contributed by atoms with Crippen molar-refractivity contribution in [3.63, 3.8) is 0 Å². The Kier molecular flexibility index (Phi) is 4.76. The van der Waals surface area contributed by atoms with Gasteiger partial charge in [-0.05, 0) is 49.0 Å². The maximum Gasteiger partial charge on any atom is 0.238 e. The minimum atomic E-state index is -0.489. The molecule has 0 radical (unpaired) electrons. The van der Waals surface area contributed by atoms with E-state index in [0.29, 0.717) is 18.3 Å². The van der Waals surface area contributed by atoms with Gasteiger partial charge in [-0.2, -0.15) is 0 Å². The molecule has 22 heavy (non-hydrogen) atoms. The predicted molar refractivity (Wildman–Crippen MR) is 87.9 cm³/mol. The van der Waals surface area contributed by atoms with Crippen molar-refractivity contribution in [2.75, 3.05) is 18.4 Å². The van der Waals surface area contributed by atoms with E-state index in [2.05, 4.69) is 21.7 Å². The SMILES string of the molecule is O=C(CN1CCC[C@@H]1c1cccs1)Nc1ccc(F)c(Cl)c1. The van der Waals surface area contributed by atoms with Crippen molar-refractivity contribution in [1.29, 1.82) is 0 Å². The summed E-state index contributed by atoms with van der Waals surface area (Å²) in [6, 6.07) is 8.67. The van der Waals surface area contributed by atoms with Crippen LogP contribution in [0.1, 0.15) is 23.8 Å². The van der Waals surface area contributed by atoms with Gasteiger partial charge in [0.05, 0.1) is 11.6 Å². The molecular formula is C16H16ClFN2OS. The van der Waals surface area contributed by atoms with Crippen LogP contribution in [0.4, 0.5) is 10.1 Å². The topological polar surface area (TPSA) is 32.3 Å². The maximum absolute atomic E-state index is 13.1. The molecule has 1 atom stereocenters. The Bertz CT molecular complexity index is 662. The number of nitrogens with one attached hydrogen (secondary N) is 1. The first kappa shape index (κ1) is 15.5. The van der Waals surface area contributed by atoms with Crippen LogP contribution in [0.5, 0.6) is 0 Å². The molecule has 1 amide bonds. The molecule has 3 rings (SSSR count). The lowest BCUT2D eigenvalue weighted by atomic mass is 10.2. The molecule has 0 spiro atoms. The van der Waals surface area contributed by atoms with Crippen LogP contribution in [-0.4, -0.2) is 23.9 Å². The van der Waals surface area contributed by atoms with E-state index in [0.717, 1.165) is 19.4 Å². The summed E-state index contributed by atoms with van der Waals surface area (Å²) < 4.78 is 13.1. The lowest BCUT2D eigenvalue weighted by Crippen LogP contribution is -2.32. The third-order valence-corrected chi connectivity index (χ3v) is 5.05. The van der Waals surface area contributed by atoms with Crippen molar-refractivity contribution >= 4 is 34.5 Å². The normalized spacial score (nSPS) is 18.5.